The van der Waals surface area contributed by atoms with Gasteiger partial charge in [0.25, 0.3) is 0 Å². The van der Waals surface area contributed by atoms with Crippen LogP contribution >= 0.6 is 11.8 Å². The zero-order valence-electron chi connectivity index (χ0n) is 18.4. The Balaban J connectivity index is 1.44. The molecule has 1 aliphatic rings. The van der Waals surface area contributed by atoms with E-state index in [1.54, 1.807) is 30.0 Å². The molecule has 3 aromatic rings. The fourth-order valence-electron chi connectivity index (χ4n) is 3.78. The Morgan fingerprint density at radius 1 is 1.15 bits per heavy atom. The average molecular weight is 492 g/mol. The van der Waals surface area contributed by atoms with Gasteiger partial charge in [0.05, 0.1) is 29.1 Å². The van der Waals surface area contributed by atoms with Gasteiger partial charge < -0.3 is 9.30 Å². The minimum atomic E-state index is -3.59. The van der Waals surface area contributed by atoms with Crippen molar-refractivity contribution < 1.29 is 22.3 Å². The number of Topliss-reactive ketones (excluding diaryl/α,β-unsaturated/α-hetero) is 1. The number of aromatic nitrogens is 2. The van der Waals surface area contributed by atoms with Crippen molar-refractivity contribution in [3.8, 4) is 0 Å². The molecule has 1 fully saturated rings. The lowest BCUT2D eigenvalue weighted by Crippen LogP contribution is -2.40. The Hall–Kier alpha value is -2.27. The molecular weight excluding hydrogens is 465 g/mol. The summed E-state index contributed by atoms with van der Waals surface area (Å²) in [6.45, 7) is 4.21. The number of hydrogen-bond donors (Lipinski definition) is 0. The average Bonchev–Trinajstić information content (AvgIpc) is 3.19. The number of carbonyl (C=O) groups is 1. The Kier molecular flexibility index (Phi) is 7.48. The second-order valence-corrected chi connectivity index (χ2v) is 10.7. The van der Waals surface area contributed by atoms with Crippen LogP contribution in [-0.2, 0) is 21.3 Å². The summed E-state index contributed by atoms with van der Waals surface area (Å²) in [7, 11) is -3.59. The summed E-state index contributed by atoms with van der Waals surface area (Å²) >= 11 is 1.54. The molecule has 1 aromatic heterocycles. The molecule has 0 unspecified atom stereocenters. The molecule has 4 rings (SSSR count). The summed E-state index contributed by atoms with van der Waals surface area (Å²) < 4.78 is 47.7. The first kappa shape index (κ1) is 23.9. The molecule has 0 bridgehead atoms. The standard InChI is InChI=1S/C23H26FN3O4S2/c1-2-27-21-10-9-19(33(29,30)26-11-13-31-14-12-26)16-20(21)25-23(27)32-15-3-4-22(28)17-5-7-18(24)8-6-17/h5-10,16H,2-4,11-15H2,1H3. The second-order valence-electron chi connectivity index (χ2n) is 7.69. The van der Waals surface area contributed by atoms with E-state index in [4.69, 9.17) is 4.74 Å². The van der Waals surface area contributed by atoms with Crippen LogP contribution in [0.3, 0.4) is 0 Å². The zero-order chi connectivity index (χ0) is 23.4. The smallest absolute Gasteiger partial charge is 0.243 e. The van der Waals surface area contributed by atoms with E-state index in [0.717, 1.165) is 10.7 Å². The molecule has 176 valence electrons. The maximum atomic E-state index is 13.0. The number of carbonyl (C=O) groups excluding carboxylic acids is 1. The molecule has 1 saturated heterocycles. The van der Waals surface area contributed by atoms with Gasteiger partial charge in [-0.3, -0.25) is 4.79 Å². The van der Waals surface area contributed by atoms with E-state index < -0.39 is 10.0 Å². The van der Waals surface area contributed by atoms with Gasteiger partial charge >= 0.3 is 0 Å². The SMILES string of the molecule is CCn1c(SCCCC(=O)c2ccc(F)cc2)nc2cc(S(=O)(=O)N3CCOCC3)ccc21. The quantitative estimate of drug-likeness (QED) is 0.256. The first-order chi connectivity index (χ1) is 15.9. The molecule has 0 amide bonds. The number of ketones is 1. The van der Waals surface area contributed by atoms with Crippen LogP contribution in [0.25, 0.3) is 11.0 Å². The summed E-state index contributed by atoms with van der Waals surface area (Å²) in [5.74, 6) is 0.314. The zero-order valence-corrected chi connectivity index (χ0v) is 20.0. The fourth-order valence-corrected chi connectivity index (χ4v) is 6.22. The number of hydrogen-bond acceptors (Lipinski definition) is 6. The van der Waals surface area contributed by atoms with Gasteiger partial charge in [-0.05, 0) is 55.8 Å². The number of sulfonamides is 1. The molecule has 0 aliphatic carbocycles. The highest BCUT2D eigenvalue weighted by Crippen LogP contribution is 2.28. The largest absolute Gasteiger partial charge is 0.379 e. The third kappa shape index (κ3) is 5.29. The molecule has 2 heterocycles. The minimum absolute atomic E-state index is 0.0162. The summed E-state index contributed by atoms with van der Waals surface area (Å²) in [5.41, 5.74) is 2.02. The summed E-state index contributed by atoms with van der Waals surface area (Å²) in [6.07, 6.45) is 1.03. The van der Waals surface area contributed by atoms with E-state index >= 15 is 0 Å². The molecular formula is C23H26FN3O4S2. The lowest BCUT2D eigenvalue weighted by Gasteiger charge is -2.26. The highest BCUT2D eigenvalue weighted by molar-refractivity contribution is 7.99. The Morgan fingerprint density at radius 2 is 1.88 bits per heavy atom. The van der Waals surface area contributed by atoms with Crippen molar-refractivity contribution >= 4 is 38.6 Å². The van der Waals surface area contributed by atoms with Gasteiger partial charge in [-0.2, -0.15) is 4.31 Å². The number of ether oxygens (including phenoxy) is 1. The lowest BCUT2D eigenvalue weighted by atomic mass is 10.1. The summed E-state index contributed by atoms with van der Waals surface area (Å²) in [5, 5.41) is 0.794. The van der Waals surface area contributed by atoms with Crippen molar-refractivity contribution in [1.29, 1.82) is 0 Å². The van der Waals surface area contributed by atoms with Crippen molar-refractivity contribution in [2.24, 2.45) is 0 Å². The van der Waals surface area contributed by atoms with E-state index in [0.29, 0.717) is 62.5 Å². The van der Waals surface area contributed by atoms with Crippen molar-refractivity contribution in [3.05, 3.63) is 53.8 Å². The van der Waals surface area contributed by atoms with Crippen LogP contribution in [0.4, 0.5) is 4.39 Å². The van der Waals surface area contributed by atoms with Crippen molar-refractivity contribution in [2.45, 2.75) is 36.4 Å². The monoisotopic (exact) mass is 491 g/mol. The predicted molar refractivity (Wildman–Crippen MR) is 126 cm³/mol. The molecule has 7 nitrogen and oxygen atoms in total. The number of thioether (sulfide) groups is 1. The number of nitrogens with zero attached hydrogens (tertiary/aromatic N) is 3. The van der Waals surface area contributed by atoms with Crippen molar-refractivity contribution in [2.75, 3.05) is 32.1 Å². The van der Waals surface area contributed by atoms with Crippen molar-refractivity contribution in [1.82, 2.24) is 13.9 Å². The highest BCUT2D eigenvalue weighted by Gasteiger charge is 2.27. The third-order valence-corrected chi connectivity index (χ3v) is 8.51. The number of morpholine rings is 1. The Labute approximate surface area is 197 Å². The van der Waals surface area contributed by atoms with Gasteiger partial charge in [0.15, 0.2) is 10.9 Å². The maximum absolute atomic E-state index is 13.0. The number of imidazole rings is 1. The van der Waals surface area contributed by atoms with E-state index in [-0.39, 0.29) is 16.5 Å². The van der Waals surface area contributed by atoms with Crippen LogP contribution < -0.4 is 0 Å². The van der Waals surface area contributed by atoms with Gasteiger partial charge in [-0.25, -0.2) is 17.8 Å². The van der Waals surface area contributed by atoms with Crippen LogP contribution in [0, 0.1) is 5.82 Å². The molecule has 0 radical (unpaired) electrons. The number of benzene rings is 2. The molecule has 1 aliphatic heterocycles. The summed E-state index contributed by atoms with van der Waals surface area (Å²) in [6, 6.07) is 10.7. The van der Waals surface area contributed by atoms with Crippen LogP contribution in [0.15, 0.2) is 52.5 Å². The number of aryl methyl sites for hydroxylation is 1. The van der Waals surface area contributed by atoms with Crippen LogP contribution in [-0.4, -0.2) is 60.1 Å². The second kappa shape index (κ2) is 10.3. The van der Waals surface area contributed by atoms with Gasteiger partial charge in [0, 0.05) is 37.4 Å². The van der Waals surface area contributed by atoms with Gasteiger partial charge in [0.1, 0.15) is 5.82 Å². The number of rotatable bonds is 9. The van der Waals surface area contributed by atoms with E-state index in [1.165, 1.54) is 28.6 Å². The predicted octanol–water partition coefficient (Wildman–Crippen LogP) is 3.97. The molecule has 10 heteroatoms. The molecule has 33 heavy (non-hydrogen) atoms. The van der Waals surface area contributed by atoms with E-state index in [2.05, 4.69) is 4.98 Å². The first-order valence-electron chi connectivity index (χ1n) is 10.9. The topological polar surface area (TPSA) is 81.5 Å². The van der Waals surface area contributed by atoms with Gasteiger partial charge in [0.2, 0.25) is 10.0 Å². The molecule has 0 spiro atoms. The van der Waals surface area contributed by atoms with Gasteiger partial charge in [-0.15, -0.1) is 0 Å². The van der Waals surface area contributed by atoms with Crippen molar-refractivity contribution in [3.63, 3.8) is 0 Å². The molecule has 0 atom stereocenters. The van der Waals surface area contributed by atoms with Crippen LogP contribution in [0.2, 0.25) is 0 Å². The Bertz CT molecular complexity index is 1240. The minimum Gasteiger partial charge on any atom is -0.379 e. The van der Waals surface area contributed by atoms with Gasteiger partial charge in [-0.1, -0.05) is 11.8 Å². The number of fused-ring (bicyclic) bond motifs is 1. The van der Waals surface area contributed by atoms with E-state index in [1.807, 2.05) is 11.5 Å². The number of halogens is 1. The summed E-state index contributed by atoms with van der Waals surface area (Å²) in [4.78, 5) is 17.2. The molecule has 0 N–H and O–H groups in total. The lowest BCUT2D eigenvalue weighted by molar-refractivity contribution is 0.0730. The van der Waals surface area contributed by atoms with Crippen LogP contribution in [0.5, 0.6) is 0 Å². The normalized spacial score (nSPS) is 15.2. The Morgan fingerprint density at radius 3 is 2.58 bits per heavy atom. The first-order valence-corrected chi connectivity index (χ1v) is 13.3. The fraction of sp³-hybridized carbons (Fsp3) is 0.391. The highest BCUT2D eigenvalue weighted by atomic mass is 32.2. The molecule has 2 aromatic carbocycles. The van der Waals surface area contributed by atoms with E-state index in [9.17, 15) is 17.6 Å². The maximum Gasteiger partial charge on any atom is 0.243 e. The third-order valence-electron chi connectivity index (χ3n) is 5.55. The van der Waals surface area contributed by atoms with Crippen LogP contribution in [0.1, 0.15) is 30.1 Å². The molecule has 0 saturated carbocycles.